The summed E-state index contributed by atoms with van der Waals surface area (Å²) in [4.78, 5) is 11.1. The molecule has 0 saturated carbocycles. The lowest BCUT2D eigenvalue weighted by molar-refractivity contribution is -0.114. The second-order valence-corrected chi connectivity index (χ2v) is 5.04. The molecule has 0 aliphatic heterocycles. The van der Waals surface area contributed by atoms with E-state index in [1.807, 2.05) is 32.0 Å². The molecule has 2 nitrogen and oxygen atoms in total. The number of halogens is 1. The fourth-order valence-electron chi connectivity index (χ4n) is 2.24. The second-order valence-electron chi connectivity index (χ2n) is 5.04. The molecule has 0 spiro atoms. The first kappa shape index (κ1) is 14.3. The first-order valence-corrected chi connectivity index (χ1v) is 6.58. The molecular formula is C17H18FNO. The average molecular weight is 271 g/mol. The lowest BCUT2D eigenvalue weighted by Gasteiger charge is -2.13. The van der Waals surface area contributed by atoms with Gasteiger partial charge in [0, 0.05) is 19.0 Å². The van der Waals surface area contributed by atoms with Gasteiger partial charge in [-0.2, -0.15) is 0 Å². The first-order valence-electron chi connectivity index (χ1n) is 6.58. The second kappa shape index (κ2) is 5.87. The predicted octanol–water partition coefficient (Wildman–Crippen LogP) is 3.99. The van der Waals surface area contributed by atoms with E-state index in [1.165, 1.54) is 13.0 Å². The summed E-state index contributed by atoms with van der Waals surface area (Å²) in [6.45, 7) is 5.40. The minimum Gasteiger partial charge on any atom is -0.326 e. The molecule has 0 saturated heterocycles. The quantitative estimate of drug-likeness (QED) is 0.898. The zero-order valence-corrected chi connectivity index (χ0v) is 12.0. The Morgan fingerprint density at radius 3 is 2.45 bits per heavy atom. The minimum atomic E-state index is -0.185. The Bertz CT molecular complexity index is 649. The molecule has 104 valence electrons. The summed E-state index contributed by atoms with van der Waals surface area (Å²) < 4.78 is 13.7. The normalized spacial score (nSPS) is 10.4. The maximum atomic E-state index is 13.7. The van der Waals surface area contributed by atoms with Crippen molar-refractivity contribution in [2.45, 2.75) is 27.2 Å². The van der Waals surface area contributed by atoms with Crippen molar-refractivity contribution in [3.8, 4) is 0 Å². The molecule has 20 heavy (non-hydrogen) atoms. The molecule has 0 radical (unpaired) electrons. The van der Waals surface area contributed by atoms with E-state index in [1.54, 1.807) is 12.1 Å². The standard InChI is InChI=1S/C17H18FNO/c1-11-9-17(19-13(3)20)12(2)8-15(11)10-14-6-4-5-7-16(14)18/h4-9H,10H2,1-3H3,(H,19,20). The maximum Gasteiger partial charge on any atom is 0.221 e. The molecule has 2 rings (SSSR count). The van der Waals surface area contributed by atoms with Crippen LogP contribution in [0.3, 0.4) is 0 Å². The summed E-state index contributed by atoms with van der Waals surface area (Å²) in [5.41, 5.74) is 4.59. The zero-order chi connectivity index (χ0) is 14.7. The van der Waals surface area contributed by atoms with Gasteiger partial charge in [0.25, 0.3) is 0 Å². The minimum absolute atomic E-state index is 0.0886. The van der Waals surface area contributed by atoms with E-state index in [0.29, 0.717) is 12.0 Å². The molecule has 0 fully saturated rings. The molecule has 0 aromatic heterocycles. The van der Waals surface area contributed by atoms with Crippen LogP contribution < -0.4 is 5.32 Å². The molecule has 0 heterocycles. The lowest BCUT2D eigenvalue weighted by atomic mass is 9.97. The van der Waals surface area contributed by atoms with Crippen LogP contribution >= 0.6 is 0 Å². The van der Waals surface area contributed by atoms with Gasteiger partial charge in [0.2, 0.25) is 5.91 Å². The van der Waals surface area contributed by atoms with E-state index in [-0.39, 0.29) is 11.7 Å². The zero-order valence-electron chi connectivity index (χ0n) is 12.0. The summed E-state index contributed by atoms with van der Waals surface area (Å²) in [5, 5.41) is 2.80. The van der Waals surface area contributed by atoms with Crippen LogP contribution in [0, 0.1) is 19.7 Å². The number of anilines is 1. The summed E-state index contributed by atoms with van der Waals surface area (Å²) >= 11 is 0. The number of carbonyl (C=O) groups is 1. The van der Waals surface area contributed by atoms with Gasteiger partial charge >= 0.3 is 0 Å². The van der Waals surface area contributed by atoms with Gasteiger partial charge in [-0.05, 0) is 48.2 Å². The monoisotopic (exact) mass is 271 g/mol. The van der Waals surface area contributed by atoms with Crippen molar-refractivity contribution >= 4 is 11.6 Å². The number of carbonyl (C=O) groups excluding carboxylic acids is 1. The van der Waals surface area contributed by atoms with Gasteiger partial charge in [-0.25, -0.2) is 4.39 Å². The largest absolute Gasteiger partial charge is 0.326 e. The molecular weight excluding hydrogens is 253 g/mol. The van der Waals surface area contributed by atoms with Gasteiger partial charge in [-0.15, -0.1) is 0 Å². The Balaban J connectivity index is 2.32. The molecule has 1 amide bonds. The highest BCUT2D eigenvalue weighted by molar-refractivity contribution is 5.89. The number of amides is 1. The fraction of sp³-hybridized carbons (Fsp3) is 0.235. The van der Waals surface area contributed by atoms with Crippen LogP contribution in [0.15, 0.2) is 36.4 Å². The van der Waals surface area contributed by atoms with Crippen molar-refractivity contribution < 1.29 is 9.18 Å². The van der Waals surface area contributed by atoms with E-state index in [4.69, 9.17) is 0 Å². The number of aryl methyl sites for hydroxylation is 2. The first-order chi connectivity index (χ1) is 9.47. The molecule has 3 heteroatoms. The topological polar surface area (TPSA) is 29.1 Å². The Morgan fingerprint density at radius 1 is 1.10 bits per heavy atom. The highest BCUT2D eigenvalue weighted by Crippen LogP contribution is 2.23. The van der Waals surface area contributed by atoms with Crippen LogP contribution in [0.2, 0.25) is 0 Å². The van der Waals surface area contributed by atoms with Crippen molar-refractivity contribution in [3.63, 3.8) is 0 Å². The summed E-state index contributed by atoms with van der Waals surface area (Å²) in [6, 6.07) is 10.7. The number of rotatable bonds is 3. The van der Waals surface area contributed by atoms with E-state index in [2.05, 4.69) is 5.32 Å². The molecule has 0 aliphatic carbocycles. The van der Waals surface area contributed by atoms with Crippen molar-refractivity contribution in [1.29, 1.82) is 0 Å². The van der Waals surface area contributed by atoms with Gasteiger partial charge in [-0.1, -0.05) is 24.3 Å². The Kier molecular flexibility index (Phi) is 4.18. The summed E-state index contributed by atoms with van der Waals surface area (Å²) in [7, 11) is 0. The number of hydrogen-bond acceptors (Lipinski definition) is 1. The third kappa shape index (κ3) is 3.23. The molecule has 0 aliphatic rings. The smallest absolute Gasteiger partial charge is 0.221 e. The van der Waals surface area contributed by atoms with Gasteiger partial charge in [0.15, 0.2) is 0 Å². The Hall–Kier alpha value is -2.16. The average Bonchev–Trinajstić information content (AvgIpc) is 2.37. The lowest BCUT2D eigenvalue weighted by Crippen LogP contribution is -2.08. The Morgan fingerprint density at radius 2 is 1.80 bits per heavy atom. The molecule has 1 N–H and O–H groups in total. The molecule has 2 aromatic carbocycles. The predicted molar refractivity (Wildman–Crippen MR) is 79.4 cm³/mol. The van der Waals surface area contributed by atoms with Crippen molar-refractivity contribution in [3.05, 3.63) is 64.5 Å². The van der Waals surface area contributed by atoms with E-state index in [0.717, 1.165) is 22.4 Å². The van der Waals surface area contributed by atoms with Crippen LogP contribution in [-0.4, -0.2) is 5.91 Å². The van der Waals surface area contributed by atoms with E-state index < -0.39 is 0 Å². The third-order valence-corrected chi connectivity index (χ3v) is 3.33. The van der Waals surface area contributed by atoms with Crippen LogP contribution in [0.4, 0.5) is 10.1 Å². The van der Waals surface area contributed by atoms with Gasteiger partial charge < -0.3 is 5.32 Å². The van der Waals surface area contributed by atoms with Crippen molar-refractivity contribution in [2.75, 3.05) is 5.32 Å². The molecule has 0 atom stereocenters. The van der Waals surface area contributed by atoms with Gasteiger partial charge in [0.05, 0.1) is 0 Å². The summed E-state index contributed by atoms with van der Waals surface area (Å²) in [6.07, 6.45) is 0.555. The highest BCUT2D eigenvalue weighted by Gasteiger charge is 2.08. The third-order valence-electron chi connectivity index (χ3n) is 3.33. The molecule has 2 aromatic rings. The van der Waals surface area contributed by atoms with Gasteiger partial charge in [0.1, 0.15) is 5.82 Å². The number of hydrogen-bond donors (Lipinski definition) is 1. The van der Waals surface area contributed by atoms with E-state index in [9.17, 15) is 9.18 Å². The van der Waals surface area contributed by atoms with Crippen LogP contribution in [0.25, 0.3) is 0 Å². The van der Waals surface area contributed by atoms with Gasteiger partial charge in [-0.3, -0.25) is 4.79 Å². The number of nitrogens with one attached hydrogen (secondary N) is 1. The maximum absolute atomic E-state index is 13.7. The molecule has 0 unspecified atom stereocenters. The molecule has 0 bridgehead atoms. The van der Waals surface area contributed by atoms with Crippen molar-refractivity contribution in [2.24, 2.45) is 0 Å². The van der Waals surface area contributed by atoms with Crippen LogP contribution in [0.1, 0.15) is 29.2 Å². The highest BCUT2D eigenvalue weighted by atomic mass is 19.1. The van der Waals surface area contributed by atoms with E-state index >= 15 is 0 Å². The number of benzene rings is 2. The van der Waals surface area contributed by atoms with Crippen LogP contribution in [0.5, 0.6) is 0 Å². The van der Waals surface area contributed by atoms with Crippen LogP contribution in [-0.2, 0) is 11.2 Å². The van der Waals surface area contributed by atoms with Crippen molar-refractivity contribution in [1.82, 2.24) is 0 Å². The Labute approximate surface area is 118 Å². The fourth-order valence-corrected chi connectivity index (χ4v) is 2.24. The summed E-state index contributed by atoms with van der Waals surface area (Å²) in [5.74, 6) is -0.273. The SMILES string of the molecule is CC(=O)Nc1cc(C)c(Cc2ccccc2F)cc1C.